The van der Waals surface area contributed by atoms with E-state index >= 15 is 0 Å². The summed E-state index contributed by atoms with van der Waals surface area (Å²) in [6.07, 6.45) is 2.26. The summed E-state index contributed by atoms with van der Waals surface area (Å²) in [5.74, 6) is -0.207. The van der Waals surface area contributed by atoms with Crippen LogP contribution in [0.3, 0.4) is 0 Å². The molecule has 2 rings (SSSR count). The van der Waals surface area contributed by atoms with Crippen molar-refractivity contribution in [3.8, 4) is 0 Å². The number of nitro groups is 1. The molecule has 8 heteroatoms. The average Bonchev–Trinajstić information content (AvgIpc) is 2.38. The summed E-state index contributed by atoms with van der Waals surface area (Å²) >= 11 is 0. The van der Waals surface area contributed by atoms with Crippen LogP contribution >= 0.6 is 0 Å². The molecule has 0 aromatic carbocycles. The molecule has 1 fully saturated rings. The van der Waals surface area contributed by atoms with E-state index in [1.54, 1.807) is 4.90 Å². The van der Waals surface area contributed by atoms with Gasteiger partial charge in [-0.15, -0.1) is 0 Å². The minimum Gasteiger partial charge on any atom is -0.384 e. The lowest BCUT2D eigenvalue weighted by Crippen LogP contribution is -2.48. The molecule has 2 heterocycles. The Kier molecular flexibility index (Phi) is 3.50. The summed E-state index contributed by atoms with van der Waals surface area (Å²) in [4.78, 5) is 27.5. The molecule has 4 N–H and O–H groups in total. The quantitative estimate of drug-likeness (QED) is 0.601. The molecule has 1 saturated heterocycles. The number of primary amides is 1. The van der Waals surface area contributed by atoms with Gasteiger partial charge in [0.25, 0.3) is 0 Å². The van der Waals surface area contributed by atoms with E-state index in [2.05, 4.69) is 4.98 Å². The molecule has 0 saturated carbocycles. The topological polar surface area (TPSA) is 128 Å². The first-order valence-electron chi connectivity index (χ1n) is 5.97. The molecule has 0 bridgehead atoms. The number of anilines is 2. The first kappa shape index (κ1) is 13.1. The van der Waals surface area contributed by atoms with Crippen LogP contribution in [0.5, 0.6) is 0 Å². The molecule has 1 aliphatic rings. The fourth-order valence-electron chi connectivity index (χ4n) is 2.29. The Morgan fingerprint density at radius 3 is 2.84 bits per heavy atom. The lowest BCUT2D eigenvalue weighted by Gasteiger charge is -2.34. The second kappa shape index (κ2) is 5.09. The second-order valence-corrected chi connectivity index (χ2v) is 4.44. The number of rotatable bonds is 3. The predicted octanol–water partition coefficient (Wildman–Crippen LogP) is 0.416. The Morgan fingerprint density at radius 1 is 1.47 bits per heavy atom. The fourth-order valence-corrected chi connectivity index (χ4v) is 2.29. The van der Waals surface area contributed by atoms with Crippen LogP contribution in [-0.2, 0) is 4.79 Å². The molecule has 1 unspecified atom stereocenters. The minimum atomic E-state index is -0.568. The molecule has 0 aliphatic carbocycles. The minimum absolute atomic E-state index is 0.119. The lowest BCUT2D eigenvalue weighted by molar-refractivity contribution is -0.384. The Morgan fingerprint density at radius 2 is 2.21 bits per heavy atom. The van der Waals surface area contributed by atoms with Gasteiger partial charge in [-0.1, -0.05) is 0 Å². The van der Waals surface area contributed by atoms with Crippen LogP contribution in [-0.4, -0.2) is 28.4 Å². The molecule has 1 atom stereocenters. The zero-order valence-electron chi connectivity index (χ0n) is 10.3. The highest BCUT2D eigenvalue weighted by atomic mass is 16.6. The first-order valence-corrected chi connectivity index (χ1v) is 5.97. The van der Waals surface area contributed by atoms with Gasteiger partial charge in [0.2, 0.25) is 11.7 Å². The summed E-state index contributed by atoms with van der Waals surface area (Å²) in [5, 5.41) is 11.0. The maximum absolute atomic E-state index is 11.5. The monoisotopic (exact) mass is 265 g/mol. The highest BCUT2D eigenvalue weighted by Crippen LogP contribution is 2.31. The number of nitrogen functional groups attached to an aromatic ring is 1. The largest absolute Gasteiger partial charge is 0.384 e. The molecular weight excluding hydrogens is 250 g/mol. The number of pyridine rings is 1. The van der Waals surface area contributed by atoms with E-state index in [9.17, 15) is 14.9 Å². The standard InChI is InChI=1S/C11H15N5O3/c12-9-5-4-8(16(18)19)11(14-9)15-6-2-1-3-7(15)10(13)17/h4-5,7H,1-3,6H2,(H2,12,14)(H2,13,17). The van der Waals surface area contributed by atoms with Crippen molar-refractivity contribution in [2.45, 2.75) is 25.3 Å². The smallest absolute Gasteiger partial charge is 0.311 e. The number of nitrogens with two attached hydrogens (primary N) is 2. The van der Waals surface area contributed by atoms with Crippen LogP contribution in [0, 0.1) is 10.1 Å². The zero-order valence-corrected chi connectivity index (χ0v) is 10.3. The van der Waals surface area contributed by atoms with Crippen LogP contribution in [0.1, 0.15) is 19.3 Å². The summed E-state index contributed by atoms with van der Waals surface area (Å²) < 4.78 is 0. The Bertz CT molecular complexity index is 519. The highest BCUT2D eigenvalue weighted by molar-refractivity contribution is 5.84. The van der Waals surface area contributed by atoms with Crippen molar-refractivity contribution >= 4 is 23.2 Å². The maximum atomic E-state index is 11.5. The van der Waals surface area contributed by atoms with E-state index in [4.69, 9.17) is 11.5 Å². The van der Waals surface area contributed by atoms with Gasteiger partial charge in [0.15, 0.2) is 0 Å². The molecule has 8 nitrogen and oxygen atoms in total. The number of carbonyl (C=O) groups excluding carboxylic acids is 1. The van der Waals surface area contributed by atoms with Gasteiger partial charge in [-0.05, 0) is 25.3 Å². The normalized spacial score (nSPS) is 19.2. The summed E-state index contributed by atoms with van der Waals surface area (Å²) in [5.41, 5.74) is 10.8. The number of piperidine rings is 1. The molecule has 0 spiro atoms. The van der Waals surface area contributed by atoms with Gasteiger partial charge in [-0.25, -0.2) is 4.98 Å². The van der Waals surface area contributed by atoms with Gasteiger partial charge in [0, 0.05) is 12.6 Å². The van der Waals surface area contributed by atoms with Gasteiger partial charge < -0.3 is 16.4 Å². The van der Waals surface area contributed by atoms with Gasteiger partial charge in [0.1, 0.15) is 11.9 Å². The SMILES string of the molecule is NC(=O)C1CCCCN1c1nc(N)ccc1[N+](=O)[O-]. The van der Waals surface area contributed by atoms with Gasteiger partial charge in [0.05, 0.1) is 4.92 Å². The van der Waals surface area contributed by atoms with Crippen LogP contribution in [0.15, 0.2) is 12.1 Å². The third-order valence-electron chi connectivity index (χ3n) is 3.18. The summed E-state index contributed by atoms with van der Waals surface area (Å²) in [7, 11) is 0. The fraction of sp³-hybridized carbons (Fsp3) is 0.455. The average molecular weight is 265 g/mol. The predicted molar refractivity (Wildman–Crippen MR) is 69.5 cm³/mol. The van der Waals surface area contributed by atoms with Crippen LogP contribution in [0.25, 0.3) is 0 Å². The third kappa shape index (κ3) is 2.56. The van der Waals surface area contributed by atoms with Crippen molar-refractivity contribution in [3.05, 3.63) is 22.2 Å². The molecule has 1 aliphatic heterocycles. The van der Waals surface area contributed by atoms with Crippen molar-refractivity contribution in [1.82, 2.24) is 4.98 Å². The van der Waals surface area contributed by atoms with Crippen molar-refractivity contribution in [2.75, 3.05) is 17.2 Å². The summed E-state index contributed by atoms with van der Waals surface area (Å²) in [6, 6.07) is 2.09. The van der Waals surface area contributed by atoms with E-state index in [0.717, 1.165) is 12.8 Å². The molecule has 0 radical (unpaired) electrons. The van der Waals surface area contributed by atoms with Crippen molar-refractivity contribution < 1.29 is 9.72 Å². The van der Waals surface area contributed by atoms with Crippen LogP contribution < -0.4 is 16.4 Å². The molecule has 19 heavy (non-hydrogen) atoms. The highest BCUT2D eigenvalue weighted by Gasteiger charge is 2.32. The number of hydrogen-bond donors (Lipinski definition) is 2. The number of amides is 1. The number of aromatic nitrogens is 1. The molecule has 1 aromatic rings. The van der Waals surface area contributed by atoms with E-state index < -0.39 is 16.9 Å². The van der Waals surface area contributed by atoms with Gasteiger partial charge in [-0.3, -0.25) is 14.9 Å². The van der Waals surface area contributed by atoms with E-state index in [1.807, 2.05) is 0 Å². The summed E-state index contributed by atoms with van der Waals surface area (Å²) in [6.45, 7) is 0.505. The van der Waals surface area contributed by atoms with Crippen molar-refractivity contribution in [3.63, 3.8) is 0 Å². The van der Waals surface area contributed by atoms with Crippen molar-refractivity contribution in [2.24, 2.45) is 5.73 Å². The van der Waals surface area contributed by atoms with E-state index in [0.29, 0.717) is 13.0 Å². The van der Waals surface area contributed by atoms with E-state index in [1.165, 1.54) is 12.1 Å². The van der Waals surface area contributed by atoms with Gasteiger partial charge >= 0.3 is 5.69 Å². The molecular formula is C11H15N5O3. The number of nitrogens with zero attached hydrogens (tertiary/aromatic N) is 3. The molecule has 1 amide bonds. The van der Waals surface area contributed by atoms with Gasteiger partial charge in [-0.2, -0.15) is 0 Å². The zero-order chi connectivity index (χ0) is 14.0. The molecule has 1 aromatic heterocycles. The van der Waals surface area contributed by atoms with Crippen molar-refractivity contribution in [1.29, 1.82) is 0 Å². The lowest BCUT2D eigenvalue weighted by atomic mass is 10.0. The Hall–Kier alpha value is -2.38. The first-order chi connectivity index (χ1) is 9.00. The van der Waals surface area contributed by atoms with E-state index in [-0.39, 0.29) is 17.3 Å². The maximum Gasteiger partial charge on any atom is 0.311 e. The third-order valence-corrected chi connectivity index (χ3v) is 3.18. The Labute approximate surface area is 109 Å². The molecule has 102 valence electrons. The number of hydrogen-bond acceptors (Lipinski definition) is 6. The Balaban J connectivity index is 2.46. The number of carbonyl (C=O) groups is 1. The van der Waals surface area contributed by atoms with Crippen LogP contribution in [0.2, 0.25) is 0 Å². The second-order valence-electron chi connectivity index (χ2n) is 4.44. The van der Waals surface area contributed by atoms with Crippen LogP contribution in [0.4, 0.5) is 17.3 Å².